The van der Waals surface area contributed by atoms with E-state index in [1.807, 2.05) is 6.07 Å². The highest BCUT2D eigenvalue weighted by atomic mass is 35.5. The van der Waals surface area contributed by atoms with Gasteiger partial charge >= 0.3 is 0 Å². The van der Waals surface area contributed by atoms with Crippen LogP contribution < -0.4 is 5.32 Å². The number of aromatic nitrogens is 3. The van der Waals surface area contributed by atoms with Crippen molar-refractivity contribution in [2.45, 2.75) is 0 Å². The molecule has 2 aromatic rings. The van der Waals surface area contributed by atoms with Crippen molar-refractivity contribution in [3.05, 3.63) is 41.9 Å². The number of pyridine rings is 1. The molecule has 0 amide bonds. The maximum atomic E-state index is 5.64. The Balaban J connectivity index is 2.16. The van der Waals surface area contributed by atoms with E-state index in [0.29, 0.717) is 11.1 Å². The van der Waals surface area contributed by atoms with E-state index in [4.69, 9.17) is 11.6 Å². The zero-order chi connectivity index (χ0) is 9.80. The summed E-state index contributed by atoms with van der Waals surface area (Å²) in [6.45, 7) is 0. The summed E-state index contributed by atoms with van der Waals surface area (Å²) >= 11 is 5.64. The minimum Gasteiger partial charge on any atom is -0.323 e. The second kappa shape index (κ2) is 4.02. The fourth-order valence-corrected chi connectivity index (χ4v) is 1.05. The third-order valence-electron chi connectivity index (χ3n) is 1.55. The molecule has 0 aliphatic rings. The van der Waals surface area contributed by atoms with E-state index in [2.05, 4.69) is 20.3 Å². The van der Waals surface area contributed by atoms with Gasteiger partial charge in [-0.3, -0.25) is 0 Å². The maximum absolute atomic E-state index is 5.64. The van der Waals surface area contributed by atoms with E-state index in [9.17, 15) is 0 Å². The molecule has 70 valence electrons. The van der Waals surface area contributed by atoms with Crippen molar-refractivity contribution < 1.29 is 0 Å². The van der Waals surface area contributed by atoms with Crippen LogP contribution in [0.2, 0.25) is 5.15 Å². The zero-order valence-corrected chi connectivity index (χ0v) is 7.94. The quantitative estimate of drug-likeness (QED) is 0.766. The van der Waals surface area contributed by atoms with Gasteiger partial charge < -0.3 is 5.32 Å². The first-order chi connectivity index (χ1) is 6.84. The van der Waals surface area contributed by atoms with Crippen LogP contribution in [0.25, 0.3) is 0 Å². The first-order valence-electron chi connectivity index (χ1n) is 4.00. The van der Waals surface area contributed by atoms with E-state index >= 15 is 0 Å². The van der Waals surface area contributed by atoms with Crippen LogP contribution in [0.1, 0.15) is 0 Å². The Morgan fingerprint density at radius 3 is 2.50 bits per heavy atom. The van der Waals surface area contributed by atoms with Crippen LogP contribution in [-0.4, -0.2) is 15.0 Å². The lowest BCUT2D eigenvalue weighted by atomic mass is 10.4. The molecular formula is C9H7ClN4. The van der Waals surface area contributed by atoms with Gasteiger partial charge in [0.15, 0.2) is 0 Å². The first-order valence-corrected chi connectivity index (χ1v) is 4.38. The Bertz CT molecular complexity index is 401. The summed E-state index contributed by atoms with van der Waals surface area (Å²) < 4.78 is 0. The van der Waals surface area contributed by atoms with Crippen molar-refractivity contribution in [3.8, 4) is 0 Å². The molecule has 0 spiro atoms. The van der Waals surface area contributed by atoms with Crippen molar-refractivity contribution in [1.82, 2.24) is 15.0 Å². The van der Waals surface area contributed by atoms with Crippen molar-refractivity contribution in [2.24, 2.45) is 0 Å². The average Bonchev–Trinajstić information content (AvgIpc) is 2.23. The number of hydrogen-bond donors (Lipinski definition) is 1. The van der Waals surface area contributed by atoms with Crippen molar-refractivity contribution >= 4 is 23.2 Å². The van der Waals surface area contributed by atoms with Gasteiger partial charge in [0, 0.05) is 12.4 Å². The van der Waals surface area contributed by atoms with E-state index in [1.54, 1.807) is 30.7 Å². The summed E-state index contributed by atoms with van der Waals surface area (Å²) in [5, 5.41) is 3.45. The molecule has 0 aliphatic carbocycles. The minimum absolute atomic E-state index is 0.463. The molecule has 0 aromatic carbocycles. The van der Waals surface area contributed by atoms with E-state index in [-0.39, 0.29) is 0 Å². The molecule has 0 bridgehead atoms. The predicted molar refractivity (Wildman–Crippen MR) is 54.6 cm³/mol. The SMILES string of the molecule is Clc1ccc(Nc2ncccn2)cn1. The molecular weight excluding hydrogens is 200 g/mol. The smallest absolute Gasteiger partial charge is 0.227 e. The highest BCUT2D eigenvalue weighted by molar-refractivity contribution is 6.29. The van der Waals surface area contributed by atoms with Gasteiger partial charge in [-0.05, 0) is 18.2 Å². The molecule has 0 saturated carbocycles. The zero-order valence-electron chi connectivity index (χ0n) is 7.18. The van der Waals surface area contributed by atoms with E-state index < -0.39 is 0 Å². The van der Waals surface area contributed by atoms with Gasteiger partial charge in [0.25, 0.3) is 0 Å². The molecule has 14 heavy (non-hydrogen) atoms. The Morgan fingerprint density at radius 2 is 1.86 bits per heavy atom. The van der Waals surface area contributed by atoms with E-state index in [1.165, 1.54) is 0 Å². The Labute approximate surface area is 86.0 Å². The Kier molecular flexibility index (Phi) is 2.55. The minimum atomic E-state index is 0.463. The fraction of sp³-hybridized carbons (Fsp3) is 0. The molecule has 2 aromatic heterocycles. The number of rotatable bonds is 2. The normalized spacial score (nSPS) is 9.79. The van der Waals surface area contributed by atoms with Gasteiger partial charge in [0.2, 0.25) is 5.95 Å². The van der Waals surface area contributed by atoms with Crippen molar-refractivity contribution in [2.75, 3.05) is 5.32 Å². The molecule has 2 rings (SSSR count). The lowest BCUT2D eigenvalue weighted by Gasteiger charge is -2.02. The van der Waals surface area contributed by atoms with Gasteiger partial charge in [0.05, 0.1) is 11.9 Å². The van der Waals surface area contributed by atoms with E-state index in [0.717, 1.165) is 5.69 Å². The van der Waals surface area contributed by atoms with Gasteiger partial charge in [-0.2, -0.15) is 0 Å². The largest absolute Gasteiger partial charge is 0.323 e. The lowest BCUT2D eigenvalue weighted by Crippen LogP contribution is -1.95. The molecule has 1 N–H and O–H groups in total. The highest BCUT2D eigenvalue weighted by Gasteiger charge is 1.95. The van der Waals surface area contributed by atoms with Crippen LogP contribution in [0.5, 0.6) is 0 Å². The van der Waals surface area contributed by atoms with Crippen LogP contribution in [0.4, 0.5) is 11.6 Å². The molecule has 0 saturated heterocycles. The van der Waals surface area contributed by atoms with Crippen molar-refractivity contribution in [1.29, 1.82) is 0 Å². The number of anilines is 2. The second-order valence-corrected chi connectivity index (χ2v) is 2.95. The monoisotopic (exact) mass is 206 g/mol. The molecule has 0 unspecified atom stereocenters. The summed E-state index contributed by atoms with van der Waals surface area (Å²) in [7, 11) is 0. The third kappa shape index (κ3) is 2.17. The Hall–Kier alpha value is -1.68. The second-order valence-electron chi connectivity index (χ2n) is 2.57. The number of nitrogens with one attached hydrogen (secondary N) is 1. The summed E-state index contributed by atoms with van der Waals surface area (Å²) in [5.41, 5.74) is 0.806. The molecule has 0 fully saturated rings. The highest BCUT2D eigenvalue weighted by Crippen LogP contribution is 2.12. The van der Waals surface area contributed by atoms with Crippen LogP contribution in [0.3, 0.4) is 0 Å². The average molecular weight is 207 g/mol. The predicted octanol–water partition coefficient (Wildman–Crippen LogP) is 2.27. The van der Waals surface area contributed by atoms with Gasteiger partial charge in [-0.1, -0.05) is 11.6 Å². The maximum Gasteiger partial charge on any atom is 0.227 e. The van der Waals surface area contributed by atoms with Gasteiger partial charge in [0.1, 0.15) is 5.15 Å². The molecule has 2 heterocycles. The van der Waals surface area contributed by atoms with Crippen LogP contribution >= 0.6 is 11.6 Å². The third-order valence-corrected chi connectivity index (χ3v) is 1.77. The molecule has 0 aliphatic heterocycles. The Morgan fingerprint density at radius 1 is 1.07 bits per heavy atom. The number of nitrogens with zero attached hydrogens (tertiary/aromatic N) is 3. The summed E-state index contributed by atoms with van der Waals surface area (Å²) in [6.07, 6.45) is 4.95. The van der Waals surface area contributed by atoms with Gasteiger partial charge in [-0.15, -0.1) is 0 Å². The lowest BCUT2D eigenvalue weighted by molar-refractivity contribution is 1.16. The summed E-state index contributed by atoms with van der Waals surface area (Å²) in [5.74, 6) is 0.539. The van der Waals surface area contributed by atoms with Crippen molar-refractivity contribution in [3.63, 3.8) is 0 Å². The molecule has 4 nitrogen and oxygen atoms in total. The number of hydrogen-bond acceptors (Lipinski definition) is 4. The summed E-state index contributed by atoms with van der Waals surface area (Å²) in [4.78, 5) is 11.9. The van der Waals surface area contributed by atoms with Crippen LogP contribution in [-0.2, 0) is 0 Å². The van der Waals surface area contributed by atoms with Crippen LogP contribution in [0, 0.1) is 0 Å². The number of halogens is 1. The molecule has 0 radical (unpaired) electrons. The van der Waals surface area contributed by atoms with Crippen LogP contribution in [0.15, 0.2) is 36.8 Å². The summed E-state index contributed by atoms with van der Waals surface area (Å²) in [6, 6.07) is 5.27. The fourth-order valence-electron chi connectivity index (χ4n) is 0.943. The van der Waals surface area contributed by atoms with Gasteiger partial charge in [-0.25, -0.2) is 15.0 Å². The standard InChI is InChI=1S/C9H7ClN4/c10-8-3-2-7(6-13-8)14-9-11-4-1-5-12-9/h1-6H,(H,11,12,14). The topological polar surface area (TPSA) is 50.7 Å². The first kappa shape index (κ1) is 8.90. The molecule has 0 atom stereocenters. The molecule has 5 heteroatoms.